The highest BCUT2D eigenvalue weighted by Gasteiger charge is 2.13. The number of nitrogens with zero attached hydrogens (tertiary/aromatic N) is 1. The Kier molecular flexibility index (Phi) is 11.5. The van der Waals surface area contributed by atoms with E-state index >= 15 is 0 Å². The molecule has 2 amide bonds. The number of amides is 2. The fraction of sp³-hybridized carbons (Fsp3) is 0.474. The molecule has 1 aromatic rings. The summed E-state index contributed by atoms with van der Waals surface area (Å²) in [5.74, 6) is 0.569. The molecule has 1 saturated heterocycles. The van der Waals surface area contributed by atoms with E-state index in [1.54, 1.807) is 18.0 Å². The second-order valence-corrected chi connectivity index (χ2v) is 6.24. The summed E-state index contributed by atoms with van der Waals surface area (Å²) in [4.78, 5) is 16.9. The van der Waals surface area contributed by atoms with Gasteiger partial charge in [0.2, 0.25) is 0 Å². The van der Waals surface area contributed by atoms with Crippen molar-refractivity contribution in [3.05, 3.63) is 42.1 Å². The van der Waals surface area contributed by atoms with Crippen molar-refractivity contribution >= 4 is 29.0 Å². The monoisotopic (exact) mass is 362 g/mol. The van der Waals surface area contributed by atoms with Crippen molar-refractivity contribution in [3.63, 3.8) is 0 Å². The van der Waals surface area contributed by atoms with E-state index in [9.17, 15) is 4.79 Å². The molecule has 1 aromatic carbocycles. The van der Waals surface area contributed by atoms with Gasteiger partial charge in [-0.25, -0.2) is 9.79 Å². The Morgan fingerprint density at radius 3 is 2.60 bits per heavy atom. The van der Waals surface area contributed by atoms with E-state index in [4.69, 9.17) is 0 Å². The maximum atomic E-state index is 11.7. The molecule has 0 aromatic heterocycles. The lowest BCUT2D eigenvalue weighted by molar-refractivity contribution is 0.241. The second-order valence-electron chi connectivity index (χ2n) is 5.39. The second kappa shape index (κ2) is 13.5. The van der Waals surface area contributed by atoms with Gasteiger partial charge >= 0.3 is 6.03 Å². The first-order chi connectivity index (χ1) is 12.3. The third-order valence-electron chi connectivity index (χ3n) is 3.75. The van der Waals surface area contributed by atoms with Gasteiger partial charge in [0.05, 0.1) is 6.34 Å². The van der Waals surface area contributed by atoms with Crippen molar-refractivity contribution < 1.29 is 4.79 Å². The zero-order valence-electron chi connectivity index (χ0n) is 15.4. The molecule has 5 nitrogen and oxygen atoms in total. The van der Waals surface area contributed by atoms with Crippen molar-refractivity contribution in [1.82, 2.24) is 16.0 Å². The van der Waals surface area contributed by atoms with E-state index in [-0.39, 0.29) is 6.03 Å². The van der Waals surface area contributed by atoms with Crippen LogP contribution in [0.4, 0.5) is 4.79 Å². The Morgan fingerprint density at radius 1 is 1.28 bits per heavy atom. The number of thioether (sulfide) groups is 1. The van der Waals surface area contributed by atoms with Gasteiger partial charge in [0, 0.05) is 17.6 Å². The van der Waals surface area contributed by atoms with Crippen molar-refractivity contribution in [1.29, 1.82) is 0 Å². The molecule has 6 heteroatoms. The molecule has 0 saturated carbocycles. The first kappa shape index (κ1) is 21.3. The maximum Gasteiger partial charge on any atom is 0.319 e. The highest BCUT2D eigenvalue weighted by molar-refractivity contribution is 8.07. The average Bonchev–Trinajstić information content (AvgIpc) is 2.69. The predicted octanol–water partition coefficient (Wildman–Crippen LogP) is 3.70. The van der Waals surface area contributed by atoms with E-state index in [2.05, 4.69) is 20.9 Å². The van der Waals surface area contributed by atoms with Crippen LogP contribution in [0.1, 0.15) is 32.3 Å². The molecule has 0 spiro atoms. The molecule has 1 aliphatic heterocycles. The molecule has 1 heterocycles. The number of urea groups is 1. The number of hydrogen-bond donors (Lipinski definition) is 3. The van der Waals surface area contributed by atoms with Crippen LogP contribution in [-0.2, 0) is 0 Å². The normalized spacial score (nSPS) is 15.4. The number of rotatable bonds is 6. The van der Waals surface area contributed by atoms with E-state index in [1.807, 2.05) is 50.4 Å². The van der Waals surface area contributed by atoms with Gasteiger partial charge in [-0.3, -0.25) is 5.32 Å². The molecule has 1 aliphatic rings. The molecule has 0 radical (unpaired) electrons. The van der Waals surface area contributed by atoms with Crippen LogP contribution in [0.2, 0.25) is 0 Å². The number of piperidine rings is 1. The summed E-state index contributed by atoms with van der Waals surface area (Å²) in [7, 11) is 0. The maximum absolute atomic E-state index is 11.7. The summed E-state index contributed by atoms with van der Waals surface area (Å²) in [6.07, 6.45) is 7.42. The topological polar surface area (TPSA) is 65.5 Å². The molecule has 0 atom stereocenters. The lowest BCUT2D eigenvalue weighted by Crippen LogP contribution is -2.40. The van der Waals surface area contributed by atoms with E-state index < -0.39 is 0 Å². The van der Waals surface area contributed by atoms with Gasteiger partial charge in [-0.05, 0) is 43.7 Å². The van der Waals surface area contributed by atoms with Crippen LogP contribution in [-0.4, -0.2) is 38.3 Å². The van der Waals surface area contributed by atoms with Crippen LogP contribution in [0, 0.1) is 5.92 Å². The van der Waals surface area contributed by atoms with E-state index in [1.165, 1.54) is 6.34 Å². The standard InChI is InChI=1S/C17H24N4OS.C2H6/c1-23-16(15-5-3-2-4-6-15)12-19-13-21-17(22)20-11-14-7-9-18-10-8-14;1-2/h2-6,12-14,18H,7-11H2,1H3,(H2,19,20,21,22);1-2H3/b16-12-;. The van der Waals surface area contributed by atoms with Gasteiger partial charge < -0.3 is 10.6 Å². The smallest absolute Gasteiger partial charge is 0.319 e. The largest absolute Gasteiger partial charge is 0.338 e. The van der Waals surface area contributed by atoms with Crippen LogP contribution < -0.4 is 16.0 Å². The highest BCUT2D eigenvalue weighted by atomic mass is 32.2. The molecule has 25 heavy (non-hydrogen) atoms. The molecule has 138 valence electrons. The summed E-state index contributed by atoms with van der Waals surface area (Å²) in [6.45, 7) is 6.80. The third-order valence-corrected chi connectivity index (χ3v) is 4.53. The number of carbonyl (C=O) groups is 1. The first-order valence-electron chi connectivity index (χ1n) is 8.86. The van der Waals surface area contributed by atoms with Crippen molar-refractivity contribution in [2.75, 3.05) is 25.9 Å². The number of nitrogens with one attached hydrogen (secondary N) is 3. The average molecular weight is 363 g/mol. The van der Waals surface area contributed by atoms with Gasteiger partial charge in [-0.2, -0.15) is 0 Å². The van der Waals surface area contributed by atoms with Crippen molar-refractivity contribution in [2.45, 2.75) is 26.7 Å². The van der Waals surface area contributed by atoms with Crippen LogP contribution in [0.25, 0.3) is 4.91 Å². The number of carbonyl (C=O) groups excluding carboxylic acids is 1. The summed E-state index contributed by atoms with van der Waals surface area (Å²) in [5, 5.41) is 8.85. The van der Waals surface area contributed by atoms with E-state index in [0.29, 0.717) is 5.92 Å². The zero-order valence-corrected chi connectivity index (χ0v) is 16.2. The predicted molar refractivity (Wildman–Crippen MR) is 110 cm³/mol. The van der Waals surface area contributed by atoms with Crippen LogP contribution in [0.15, 0.2) is 41.5 Å². The van der Waals surface area contributed by atoms with Crippen LogP contribution >= 0.6 is 11.8 Å². The van der Waals surface area contributed by atoms with Crippen molar-refractivity contribution in [3.8, 4) is 0 Å². The van der Waals surface area contributed by atoms with Gasteiger partial charge in [-0.1, -0.05) is 44.2 Å². The molecule has 0 bridgehead atoms. The first-order valence-corrected chi connectivity index (χ1v) is 10.1. The fourth-order valence-corrected chi connectivity index (χ4v) is 2.96. The molecule has 0 unspecified atom stereocenters. The summed E-state index contributed by atoms with van der Waals surface area (Å²) >= 11 is 1.62. The molecule has 1 fully saturated rings. The summed E-state index contributed by atoms with van der Waals surface area (Å²) in [5.41, 5.74) is 1.12. The summed E-state index contributed by atoms with van der Waals surface area (Å²) in [6, 6.07) is 9.85. The quantitative estimate of drug-likeness (QED) is 0.534. The molecule has 0 aliphatic carbocycles. The minimum Gasteiger partial charge on any atom is -0.338 e. The molecule has 2 rings (SSSR count). The van der Waals surface area contributed by atoms with Gasteiger partial charge in [0.25, 0.3) is 0 Å². The number of hydrogen-bond acceptors (Lipinski definition) is 4. The Morgan fingerprint density at radius 2 is 1.96 bits per heavy atom. The Labute approximate surface area is 155 Å². The van der Waals surface area contributed by atoms with Crippen LogP contribution in [0.5, 0.6) is 0 Å². The lowest BCUT2D eigenvalue weighted by Gasteiger charge is -2.22. The Hall–Kier alpha value is -1.79. The molecular formula is C19H30N4OS. The number of aliphatic imine (C=N–C) groups is 1. The molecule has 3 N–H and O–H groups in total. The number of benzene rings is 1. The fourth-order valence-electron chi connectivity index (χ4n) is 2.42. The molecular weight excluding hydrogens is 332 g/mol. The van der Waals surface area contributed by atoms with Gasteiger partial charge in [-0.15, -0.1) is 11.8 Å². The van der Waals surface area contributed by atoms with Gasteiger partial charge in [0.15, 0.2) is 0 Å². The lowest BCUT2D eigenvalue weighted by atomic mass is 9.98. The SMILES string of the molecule is CC.CS/C(=C\N=CNC(=O)NCC1CCNCC1)c1ccccc1. The minimum absolute atomic E-state index is 0.203. The van der Waals surface area contributed by atoms with Crippen molar-refractivity contribution in [2.24, 2.45) is 10.9 Å². The zero-order chi connectivity index (χ0) is 18.3. The minimum atomic E-state index is -0.203. The van der Waals surface area contributed by atoms with Gasteiger partial charge in [0.1, 0.15) is 0 Å². The highest BCUT2D eigenvalue weighted by Crippen LogP contribution is 2.24. The summed E-state index contributed by atoms with van der Waals surface area (Å²) < 4.78 is 0. The Bertz CT molecular complexity index is 540. The Balaban J connectivity index is 0.00000151. The third kappa shape index (κ3) is 8.74. The van der Waals surface area contributed by atoms with Crippen LogP contribution in [0.3, 0.4) is 0 Å². The van der Waals surface area contributed by atoms with E-state index in [0.717, 1.165) is 42.9 Å².